The van der Waals surface area contributed by atoms with E-state index >= 15 is 0 Å². The van der Waals surface area contributed by atoms with Crippen LogP contribution in [0.15, 0.2) is 44.9 Å². The minimum Gasteiger partial charge on any atom is -0.138 e. The van der Waals surface area contributed by atoms with Crippen LogP contribution in [0.4, 0.5) is 0 Å². The molecule has 90 valence electrons. The van der Waals surface area contributed by atoms with Gasteiger partial charge in [-0.3, -0.25) is 0 Å². The zero-order valence-corrected chi connectivity index (χ0v) is 13.2. The first kappa shape index (κ1) is 15.5. The summed E-state index contributed by atoms with van der Waals surface area (Å²) in [5, 5.41) is 14.9. The van der Waals surface area contributed by atoms with Gasteiger partial charge >= 0.3 is 29.6 Å². The minimum atomic E-state index is -0.110. The van der Waals surface area contributed by atoms with E-state index in [1.54, 1.807) is 0 Å². The number of hydrogen-bond donors (Lipinski definition) is 0. The van der Waals surface area contributed by atoms with Crippen molar-refractivity contribution in [3.63, 3.8) is 0 Å². The average molecular weight is 253 g/mol. The van der Waals surface area contributed by atoms with Crippen molar-refractivity contribution in [1.82, 2.24) is 0 Å². The largest absolute Gasteiger partial charge is 1.00 e. The molecule has 0 amide bonds. The van der Waals surface area contributed by atoms with Gasteiger partial charge in [0.2, 0.25) is 0 Å². The van der Waals surface area contributed by atoms with Crippen molar-refractivity contribution in [2.45, 2.75) is 45.2 Å². The van der Waals surface area contributed by atoms with E-state index in [4.69, 9.17) is 0 Å². The molecule has 0 atom stereocenters. The van der Waals surface area contributed by atoms with Crippen LogP contribution in [0.25, 0.3) is 0 Å². The second-order valence-electron chi connectivity index (χ2n) is 4.37. The zero-order chi connectivity index (χ0) is 11.9. The van der Waals surface area contributed by atoms with Gasteiger partial charge in [0.15, 0.2) is 6.17 Å². The molecule has 0 unspecified atom stereocenters. The Balaban J connectivity index is 0.00000162. The summed E-state index contributed by atoms with van der Waals surface area (Å²) in [6.45, 7) is 2.23. The molecule has 0 spiro atoms. The molecule has 1 aliphatic heterocycles. The molecule has 0 radical (unpaired) electrons. The van der Waals surface area contributed by atoms with Crippen LogP contribution in [-0.4, -0.2) is 6.17 Å². The summed E-state index contributed by atoms with van der Waals surface area (Å²) >= 11 is 0. The van der Waals surface area contributed by atoms with Crippen LogP contribution in [0, 0.1) is 0 Å². The Bertz CT molecular complexity index is 405. The van der Waals surface area contributed by atoms with E-state index in [2.05, 4.69) is 51.9 Å². The van der Waals surface area contributed by atoms with Crippen molar-refractivity contribution >= 4 is 0 Å². The predicted octanol–water partition coefficient (Wildman–Crippen LogP) is 1.12. The van der Waals surface area contributed by atoms with Crippen LogP contribution in [0.5, 0.6) is 0 Å². The third-order valence-electron chi connectivity index (χ3n) is 2.89. The van der Waals surface area contributed by atoms with Gasteiger partial charge in [-0.2, -0.15) is 0 Å². The fraction of sp³-hybridized carbons (Fsp3) is 0.538. The number of aryl methyl sites for hydroxylation is 1. The van der Waals surface area contributed by atoms with E-state index in [-0.39, 0.29) is 35.7 Å². The number of nitrogens with zero attached hydrogens (tertiary/aromatic N) is 4. The van der Waals surface area contributed by atoms with Crippen LogP contribution in [0.2, 0.25) is 0 Å². The summed E-state index contributed by atoms with van der Waals surface area (Å²) in [5.74, 6) is 0. The van der Waals surface area contributed by atoms with Gasteiger partial charge in [0.25, 0.3) is 0 Å². The molecular weight excluding hydrogens is 235 g/mol. The van der Waals surface area contributed by atoms with Gasteiger partial charge in [-0.15, -0.1) is 10.2 Å². The average Bonchev–Trinajstić information content (AvgIpc) is 2.83. The maximum absolute atomic E-state index is 3.93. The third-order valence-corrected chi connectivity index (χ3v) is 2.89. The molecule has 1 heterocycles. The molecule has 0 saturated carbocycles. The maximum atomic E-state index is 3.93. The normalized spacial score (nSPS) is 13.8. The minimum absolute atomic E-state index is 0. The Morgan fingerprint density at radius 3 is 2.50 bits per heavy atom. The Morgan fingerprint density at radius 2 is 1.78 bits per heavy atom. The third kappa shape index (κ3) is 4.96. The molecule has 5 heteroatoms. The van der Waals surface area contributed by atoms with Crippen molar-refractivity contribution in [1.29, 1.82) is 0 Å². The topological polar surface area (TPSA) is 49.4 Å². The first-order valence-electron chi connectivity index (χ1n) is 6.26. The SMILES string of the molecule is CCCCCc1cccc(CC2N=NN=N2)c1.[Na+]. The van der Waals surface area contributed by atoms with Crippen molar-refractivity contribution in [3.8, 4) is 0 Å². The summed E-state index contributed by atoms with van der Waals surface area (Å²) in [6.07, 6.45) is 5.69. The van der Waals surface area contributed by atoms with Gasteiger partial charge < -0.3 is 0 Å². The number of hydrogen-bond acceptors (Lipinski definition) is 4. The number of unbranched alkanes of at least 4 members (excludes halogenated alkanes) is 2. The van der Waals surface area contributed by atoms with Crippen molar-refractivity contribution in [2.75, 3.05) is 0 Å². The van der Waals surface area contributed by atoms with Crippen LogP contribution < -0.4 is 29.6 Å². The van der Waals surface area contributed by atoms with Crippen molar-refractivity contribution < 1.29 is 29.6 Å². The molecule has 0 aromatic heterocycles. The molecule has 0 bridgehead atoms. The molecule has 4 nitrogen and oxygen atoms in total. The predicted molar refractivity (Wildman–Crippen MR) is 66.9 cm³/mol. The standard InChI is InChI=1S/C13H18N4.Na/c1-2-3-4-6-11-7-5-8-12(9-11)10-13-14-16-17-15-13;/h5,7-9,13H,2-4,6,10H2,1H3;/q;+1. The first-order valence-corrected chi connectivity index (χ1v) is 6.26. The molecule has 0 fully saturated rings. The van der Waals surface area contributed by atoms with E-state index in [9.17, 15) is 0 Å². The molecule has 1 aliphatic rings. The molecule has 0 aliphatic carbocycles. The fourth-order valence-corrected chi connectivity index (χ4v) is 1.97. The van der Waals surface area contributed by atoms with E-state index in [0.717, 1.165) is 12.8 Å². The second-order valence-corrected chi connectivity index (χ2v) is 4.37. The molecule has 18 heavy (non-hydrogen) atoms. The zero-order valence-electron chi connectivity index (χ0n) is 11.2. The summed E-state index contributed by atoms with van der Waals surface area (Å²) < 4.78 is 0. The van der Waals surface area contributed by atoms with Crippen LogP contribution in [-0.2, 0) is 12.8 Å². The van der Waals surface area contributed by atoms with Crippen LogP contribution in [0.1, 0.15) is 37.3 Å². The number of rotatable bonds is 6. The Kier molecular flexibility index (Phi) is 7.32. The van der Waals surface area contributed by atoms with Gasteiger partial charge in [-0.25, -0.2) is 0 Å². The van der Waals surface area contributed by atoms with Gasteiger partial charge in [0.1, 0.15) is 0 Å². The molecule has 1 aromatic rings. The van der Waals surface area contributed by atoms with Crippen molar-refractivity contribution in [3.05, 3.63) is 35.4 Å². The van der Waals surface area contributed by atoms with Crippen LogP contribution >= 0.6 is 0 Å². The molecule has 2 rings (SSSR count). The number of benzene rings is 1. The smallest absolute Gasteiger partial charge is 0.138 e. The first-order chi connectivity index (χ1) is 8.38. The van der Waals surface area contributed by atoms with E-state index in [1.807, 2.05) is 0 Å². The quantitative estimate of drug-likeness (QED) is 0.539. The van der Waals surface area contributed by atoms with E-state index in [1.165, 1.54) is 30.4 Å². The summed E-state index contributed by atoms with van der Waals surface area (Å²) in [6, 6.07) is 8.67. The molecule has 1 aromatic carbocycles. The van der Waals surface area contributed by atoms with E-state index < -0.39 is 0 Å². The molecular formula is C13H18N4Na+. The second kappa shape index (κ2) is 8.51. The molecule has 0 N–H and O–H groups in total. The molecule has 0 saturated heterocycles. The fourth-order valence-electron chi connectivity index (χ4n) is 1.97. The summed E-state index contributed by atoms with van der Waals surface area (Å²) in [7, 11) is 0. The van der Waals surface area contributed by atoms with Crippen LogP contribution in [0.3, 0.4) is 0 Å². The monoisotopic (exact) mass is 253 g/mol. The Labute approximate surface area is 130 Å². The van der Waals surface area contributed by atoms with Crippen molar-refractivity contribution in [2.24, 2.45) is 20.7 Å². The summed E-state index contributed by atoms with van der Waals surface area (Å²) in [4.78, 5) is 0. The Morgan fingerprint density at radius 1 is 1.06 bits per heavy atom. The Hall–Kier alpha value is -0.580. The maximum Gasteiger partial charge on any atom is 1.00 e. The van der Waals surface area contributed by atoms with Gasteiger partial charge in [-0.05, 0) is 34.4 Å². The van der Waals surface area contributed by atoms with Gasteiger partial charge in [0.05, 0.1) is 0 Å². The summed E-state index contributed by atoms with van der Waals surface area (Å²) in [5.41, 5.74) is 2.67. The van der Waals surface area contributed by atoms with E-state index in [0.29, 0.717) is 0 Å². The van der Waals surface area contributed by atoms with Gasteiger partial charge in [0, 0.05) is 6.42 Å². The van der Waals surface area contributed by atoms with Gasteiger partial charge in [-0.1, -0.05) is 44.0 Å².